The second-order valence-electron chi connectivity index (χ2n) is 7.16. The molecule has 0 unspecified atom stereocenters. The number of nitrogens with one attached hydrogen (secondary N) is 1. The Hall–Kier alpha value is -0.160. The minimum atomic E-state index is -0.225. The lowest BCUT2D eigenvalue weighted by Gasteiger charge is -2.37. The molecule has 0 atom stereocenters. The summed E-state index contributed by atoms with van der Waals surface area (Å²) in [6.07, 6.45) is 4.41. The molecule has 1 aliphatic heterocycles. The Morgan fingerprint density at radius 1 is 1.16 bits per heavy atom. The van der Waals surface area contributed by atoms with Gasteiger partial charge in [0.15, 0.2) is 5.79 Å². The summed E-state index contributed by atoms with van der Waals surface area (Å²) in [6.45, 7) is 8.39. The Morgan fingerprint density at radius 3 is 2.26 bits per heavy atom. The van der Waals surface area contributed by atoms with E-state index in [4.69, 9.17) is 9.47 Å². The molecule has 0 aromatic heterocycles. The first-order chi connectivity index (χ1) is 8.91. The average molecular weight is 270 g/mol. The molecular weight excluding hydrogens is 240 g/mol. The summed E-state index contributed by atoms with van der Waals surface area (Å²) in [4.78, 5) is 2.26. The molecule has 19 heavy (non-hydrogen) atoms. The quantitative estimate of drug-likeness (QED) is 0.826. The van der Waals surface area contributed by atoms with Gasteiger partial charge in [-0.3, -0.25) is 0 Å². The third-order valence-corrected chi connectivity index (χ3v) is 4.17. The van der Waals surface area contributed by atoms with Crippen LogP contribution in [-0.4, -0.2) is 57.1 Å². The van der Waals surface area contributed by atoms with Crippen molar-refractivity contribution in [3.05, 3.63) is 0 Å². The van der Waals surface area contributed by atoms with Crippen molar-refractivity contribution in [1.29, 1.82) is 0 Å². The van der Waals surface area contributed by atoms with Crippen LogP contribution in [0.1, 0.15) is 39.5 Å². The second kappa shape index (κ2) is 6.08. The highest BCUT2D eigenvalue weighted by Crippen LogP contribution is 2.35. The summed E-state index contributed by atoms with van der Waals surface area (Å²) in [5.74, 6) is -0.225. The van der Waals surface area contributed by atoms with E-state index in [9.17, 15) is 0 Å². The van der Waals surface area contributed by atoms with E-state index in [0.29, 0.717) is 11.5 Å². The molecule has 1 saturated heterocycles. The van der Waals surface area contributed by atoms with Gasteiger partial charge in [0, 0.05) is 32.0 Å². The van der Waals surface area contributed by atoms with Crippen molar-refractivity contribution in [3.8, 4) is 0 Å². The van der Waals surface area contributed by atoms with Crippen molar-refractivity contribution in [3.63, 3.8) is 0 Å². The average Bonchev–Trinajstić information content (AvgIpc) is 2.76. The lowest BCUT2D eigenvalue weighted by atomic mass is 9.88. The summed E-state index contributed by atoms with van der Waals surface area (Å²) >= 11 is 0. The topological polar surface area (TPSA) is 33.7 Å². The van der Waals surface area contributed by atoms with E-state index in [2.05, 4.69) is 38.2 Å². The SMILES string of the molecule is CN(C)CC(C)(C)CNC1CCC2(CC1)OCCO2. The zero-order valence-corrected chi connectivity index (χ0v) is 13.0. The summed E-state index contributed by atoms with van der Waals surface area (Å²) < 4.78 is 11.5. The zero-order valence-electron chi connectivity index (χ0n) is 13.0. The van der Waals surface area contributed by atoms with Gasteiger partial charge < -0.3 is 19.7 Å². The molecule has 2 fully saturated rings. The van der Waals surface area contributed by atoms with Crippen LogP contribution in [0.15, 0.2) is 0 Å². The summed E-state index contributed by atoms with van der Waals surface area (Å²) in [6, 6.07) is 0.625. The maximum Gasteiger partial charge on any atom is 0.168 e. The molecule has 1 N–H and O–H groups in total. The van der Waals surface area contributed by atoms with Gasteiger partial charge in [0.25, 0.3) is 0 Å². The lowest BCUT2D eigenvalue weighted by Crippen LogP contribution is -2.46. The first-order valence-electron chi connectivity index (χ1n) is 7.57. The lowest BCUT2D eigenvalue weighted by molar-refractivity contribution is -0.179. The van der Waals surface area contributed by atoms with Gasteiger partial charge in [0.05, 0.1) is 13.2 Å². The fraction of sp³-hybridized carbons (Fsp3) is 1.00. The molecule has 2 aliphatic rings. The molecular formula is C15H30N2O2. The molecule has 4 heteroatoms. The van der Waals surface area contributed by atoms with Gasteiger partial charge >= 0.3 is 0 Å². The molecule has 1 saturated carbocycles. The van der Waals surface area contributed by atoms with Crippen LogP contribution in [0.4, 0.5) is 0 Å². The van der Waals surface area contributed by atoms with Crippen molar-refractivity contribution in [1.82, 2.24) is 10.2 Å². The van der Waals surface area contributed by atoms with Crippen molar-refractivity contribution in [2.45, 2.75) is 51.4 Å². The van der Waals surface area contributed by atoms with Crippen molar-refractivity contribution < 1.29 is 9.47 Å². The maximum atomic E-state index is 5.77. The third kappa shape index (κ3) is 4.42. The van der Waals surface area contributed by atoms with E-state index in [1.165, 1.54) is 0 Å². The fourth-order valence-corrected chi connectivity index (χ4v) is 3.38. The van der Waals surface area contributed by atoms with E-state index in [1.54, 1.807) is 0 Å². The Labute approximate surface area is 117 Å². The molecule has 4 nitrogen and oxygen atoms in total. The second-order valence-corrected chi connectivity index (χ2v) is 7.16. The van der Waals surface area contributed by atoms with Crippen LogP contribution in [0.3, 0.4) is 0 Å². The van der Waals surface area contributed by atoms with Gasteiger partial charge in [-0.1, -0.05) is 13.8 Å². The van der Waals surface area contributed by atoms with E-state index in [-0.39, 0.29) is 5.79 Å². The minimum Gasteiger partial charge on any atom is -0.348 e. The van der Waals surface area contributed by atoms with E-state index >= 15 is 0 Å². The summed E-state index contributed by atoms with van der Waals surface area (Å²) in [7, 11) is 4.28. The van der Waals surface area contributed by atoms with Crippen LogP contribution in [0, 0.1) is 5.41 Å². The van der Waals surface area contributed by atoms with E-state index in [1.807, 2.05) is 0 Å². The van der Waals surface area contributed by atoms with Gasteiger partial charge in [-0.2, -0.15) is 0 Å². The standard InChI is InChI=1S/C15H30N2O2/c1-14(2,12-17(3)4)11-16-13-5-7-15(8-6-13)18-9-10-19-15/h13,16H,5-12H2,1-4H3. The molecule has 112 valence electrons. The summed E-state index contributed by atoms with van der Waals surface area (Å²) in [5, 5.41) is 3.74. The Morgan fingerprint density at radius 2 is 1.74 bits per heavy atom. The number of ether oxygens (including phenoxy) is 2. The first-order valence-corrected chi connectivity index (χ1v) is 7.57. The highest BCUT2D eigenvalue weighted by Gasteiger charge is 2.40. The molecule has 0 amide bonds. The van der Waals surface area contributed by atoms with Gasteiger partial charge in [0.1, 0.15) is 0 Å². The van der Waals surface area contributed by atoms with Crippen LogP contribution >= 0.6 is 0 Å². The smallest absolute Gasteiger partial charge is 0.168 e. The van der Waals surface area contributed by atoms with E-state index < -0.39 is 0 Å². The Kier molecular flexibility index (Phi) is 4.88. The maximum absolute atomic E-state index is 5.77. The number of nitrogens with zero attached hydrogens (tertiary/aromatic N) is 1. The largest absolute Gasteiger partial charge is 0.348 e. The zero-order chi connectivity index (χ0) is 13.9. The molecule has 0 radical (unpaired) electrons. The molecule has 2 rings (SSSR count). The van der Waals surface area contributed by atoms with Crippen LogP contribution < -0.4 is 5.32 Å². The molecule has 1 aliphatic carbocycles. The summed E-state index contributed by atoms with van der Waals surface area (Å²) in [5.41, 5.74) is 0.318. The van der Waals surface area contributed by atoms with Crippen LogP contribution in [0.25, 0.3) is 0 Å². The molecule has 0 aromatic rings. The van der Waals surface area contributed by atoms with Gasteiger partial charge in [-0.25, -0.2) is 0 Å². The van der Waals surface area contributed by atoms with Crippen LogP contribution in [0.2, 0.25) is 0 Å². The molecule has 1 heterocycles. The molecule has 0 bridgehead atoms. The predicted molar refractivity (Wildman–Crippen MR) is 77.2 cm³/mol. The van der Waals surface area contributed by atoms with Crippen molar-refractivity contribution in [2.75, 3.05) is 40.4 Å². The van der Waals surface area contributed by atoms with Crippen LogP contribution in [-0.2, 0) is 9.47 Å². The number of hydrogen-bond donors (Lipinski definition) is 1. The Bertz CT molecular complexity index is 276. The predicted octanol–water partition coefficient (Wildman–Crippen LogP) is 1.85. The van der Waals surface area contributed by atoms with E-state index in [0.717, 1.165) is 52.0 Å². The number of rotatable bonds is 5. The highest BCUT2D eigenvalue weighted by atomic mass is 16.7. The molecule has 1 spiro atoms. The Balaban J connectivity index is 1.71. The monoisotopic (exact) mass is 270 g/mol. The molecule has 0 aromatic carbocycles. The highest BCUT2D eigenvalue weighted by molar-refractivity contribution is 4.87. The first kappa shape index (κ1) is 15.2. The normalized spacial score (nSPS) is 24.5. The fourth-order valence-electron chi connectivity index (χ4n) is 3.38. The van der Waals surface area contributed by atoms with Crippen molar-refractivity contribution in [2.24, 2.45) is 5.41 Å². The minimum absolute atomic E-state index is 0.225. The van der Waals surface area contributed by atoms with Crippen LogP contribution in [0.5, 0.6) is 0 Å². The van der Waals surface area contributed by atoms with Gasteiger partial charge in [-0.05, 0) is 32.4 Å². The van der Waals surface area contributed by atoms with Crippen molar-refractivity contribution >= 4 is 0 Å². The van der Waals surface area contributed by atoms with Gasteiger partial charge in [0.2, 0.25) is 0 Å². The van der Waals surface area contributed by atoms with Gasteiger partial charge in [-0.15, -0.1) is 0 Å². The third-order valence-electron chi connectivity index (χ3n) is 4.17. The number of hydrogen-bond acceptors (Lipinski definition) is 4.